The van der Waals surface area contributed by atoms with Crippen molar-refractivity contribution in [1.82, 2.24) is 4.90 Å². The van der Waals surface area contributed by atoms with E-state index in [1.165, 1.54) is 11.3 Å². The van der Waals surface area contributed by atoms with Gasteiger partial charge in [0.15, 0.2) is 11.5 Å². The van der Waals surface area contributed by atoms with E-state index >= 15 is 0 Å². The second kappa shape index (κ2) is 9.47. The van der Waals surface area contributed by atoms with Crippen molar-refractivity contribution in [2.24, 2.45) is 0 Å². The summed E-state index contributed by atoms with van der Waals surface area (Å²) < 4.78 is 22.1. The first kappa shape index (κ1) is 20.7. The predicted octanol–water partition coefficient (Wildman–Crippen LogP) is 3.79. The van der Waals surface area contributed by atoms with Gasteiger partial charge in [0, 0.05) is 43.5 Å². The van der Waals surface area contributed by atoms with Gasteiger partial charge >= 0.3 is 0 Å². The first-order valence-corrected chi connectivity index (χ1v) is 10.7. The standard InChI is InChI=1S/C24H32N2O4/c1-27-20-5-7-22-21(17-20)18(9-15-30-22)8-10-25-11-13-26(14-12-25)19-4-6-23(28-2)24(16-19)29-3/h4-7,16-18H,8-15H2,1-3H3. The number of anilines is 1. The third-order valence-corrected chi connectivity index (χ3v) is 6.28. The normalized spacial score (nSPS) is 19.0. The molecule has 6 nitrogen and oxygen atoms in total. The molecule has 0 radical (unpaired) electrons. The van der Waals surface area contributed by atoms with Crippen LogP contribution in [0.5, 0.6) is 23.0 Å². The van der Waals surface area contributed by atoms with Crippen molar-refractivity contribution in [3.8, 4) is 23.0 Å². The van der Waals surface area contributed by atoms with E-state index in [9.17, 15) is 0 Å². The molecule has 2 heterocycles. The Kier molecular flexibility index (Phi) is 6.53. The third-order valence-electron chi connectivity index (χ3n) is 6.28. The zero-order valence-corrected chi connectivity index (χ0v) is 18.2. The molecule has 0 N–H and O–H groups in total. The Balaban J connectivity index is 1.32. The van der Waals surface area contributed by atoms with E-state index in [0.717, 1.165) is 75.2 Å². The Hall–Kier alpha value is -2.60. The van der Waals surface area contributed by atoms with Crippen molar-refractivity contribution in [2.75, 3.05) is 65.6 Å². The SMILES string of the molecule is COc1ccc2c(c1)C(CCN1CCN(c3ccc(OC)c(OC)c3)CC1)CCO2. The molecule has 0 aliphatic carbocycles. The average molecular weight is 413 g/mol. The van der Waals surface area contributed by atoms with E-state index in [1.54, 1.807) is 21.3 Å². The maximum absolute atomic E-state index is 5.85. The molecule has 2 aromatic rings. The lowest BCUT2D eigenvalue weighted by Gasteiger charge is -2.37. The van der Waals surface area contributed by atoms with E-state index in [4.69, 9.17) is 18.9 Å². The van der Waals surface area contributed by atoms with Gasteiger partial charge in [-0.3, -0.25) is 4.90 Å². The Labute approximate surface area is 179 Å². The first-order chi connectivity index (χ1) is 14.7. The van der Waals surface area contributed by atoms with Crippen LogP contribution in [0.15, 0.2) is 36.4 Å². The van der Waals surface area contributed by atoms with Gasteiger partial charge in [0.2, 0.25) is 0 Å². The fourth-order valence-electron chi connectivity index (χ4n) is 4.46. The zero-order chi connectivity index (χ0) is 20.9. The molecule has 0 aromatic heterocycles. The van der Waals surface area contributed by atoms with Crippen molar-refractivity contribution in [3.05, 3.63) is 42.0 Å². The zero-order valence-electron chi connectivity index (χ0n) is 18.2. The minimum absolute atomic E-state index is 0.535. The van der Waals surface area contributed by atoms with Crippen LogP contribution in [0, 0.1) is 0 Å². The highest BCUT2D eigenvalue weighted by Crippen LogP contribution is 2.38. The quantitative estimate of drug-likeness (QED) is 0.689. The van der Waals surface area contributed by atoms with E-state index < -0.39 is 0 Å². The van der Waals surface area contributed by atoms with Crippen molar-refractivity contribution in [1.29, 1.82) is 0 Å². The van der Waals surface area contributed by atoms with Crippen LogP contribution in [0.3, 0.4) is 0 Å². The van der Waals surface area contributed by atoms with Gasteiger partial charge in [-0.05, 0) is 55.6 Å². The molecule has 1 fully saturated rings. The van der Waals surface area contributed by atoms with Crippen molar-refractivity contribution < 1.29 is 18.9 Å². The Morgan fingerprint density at radius 1 is 0.900 bits per heavy atom. The predicted molar refractivity (Wildman–Crippen MR) is 119 cm³/mol. The number of benzene rings is 2. The molecule has 6 heteroatoms. The highest BCUT2D eigenvalue weighted by Gasteiger charge is 2.24. The van der Waals surface area contributed by atoms with E-state index in [-0.39, 0.29) is 0 Å². The van der Waals surface area contributed by atoms with Crippen LogP contribution in [0.2, 0.25) is 0 Å². The van der Waals surface area contributed by atoms with Crippen molar-refractivity contribution in [3.63, 3.8) is 0 Å². The van der Waals surface area contributed by atoms with E-state index in [0.29, 0.717) is 5.92 Å². The molecule has 0 spiro atoms. The molecule has 1 saturated heterocycles. The topological polar surface area (TPSA) is 43.4 Å². The Bertz CT molecular complexity index is 849. The van der Waals surface area contributed by atoms with Gasteiger partial charge in [0.25, 0.3) is 0 Å². The second-order valence-corrected chi connectivity index (χ2v) is 7.89. The summed E-state index contributed by atoms with van der Waals surface area (Å²) in [6.07, 6.45) is 2.23. The molecule has 2 aromatic carbocycles. The number of nitrogens with zero attached hydrogens (tertiary/aromatic N) is 2. The van der Waals surface area contributed by atoms with Gasteiger partial charge in [-0.2, -0.15) is 0 Å². The smallest absolute Gasteiger partial charge is 0.162 e. The van der Waals surface area contributed by atoms with Crippen LogP contribution in [-0.2, 0) is 0 Å². The first-order valence-electron chi connectivity index (χ1n) is 10.7. The molecule has 1 unspecified atom stereocenters. The number of hydrogen-bond acceptors (Lipinski definition) is 6. The fraction of sp³-hybridized carbons (Fsp3) is 0.500. The fourth-order valence-corrected chi connectivity index (χ4v) is 4.46. The van der Waals surface area contributed by atoms with Gasteiger partial charge in [-0.15, -0.1) is 0 Å². The molecular formula is C24H32N2O4. The molecule has 4 rings (SSSR count). The van der Waals surface area contributed by atoms with Crippen LogP contribution >= 0.6 is 0 Å². The van der Waals surface area contributed by atoms with Gasteiger partial charge in [0.05, 0.1) is 27.9 Å². The lowest BCUT2D eigenvalue weighted by molar-refractivity contribution is 0.223. The molecule has 30 heavy (non-hydrogen) atoms. The van der Waals surface area contributed by atoms with Crippen LogP contribution in [0.25, 0.3) is 0 Å². The number of ether oxygens (including phenoxy) is 4. The maximum Gasteiger partial charge on any atom is 0.162 e. The minimum atomic E-state index is 0.535. The second-order valence-electron chi connectivity index (χ2n) is 7.89. The number of methoxy groups -OCH3 is 3. The van der Waals surface area contributed by atoms with Crippen molar-refractivity contribution >= 4 is 5.69 Å². The van der Waals surface area contributed by atoms with Crippen molar-refractivity contribution in [2.45, 2.75) is 18.8 Å². The molecular weight excluding hydrogens is 380 g/mol. The van der Waals surface area contributed by atoms with Crippen LogP contribution < -0.4 is 23.8 Å². The van der Waals surface area contributed by atoms with Crippen LogP contribution in [-0.4, -0.2) is 65.6 Å². The molecule has 162 valence electrons. The monoisotopic (exact) mass is 412 g/mol. The molecule has 2 aliphatic heterocycles. The molecule has 0 amide bonds. The van der Waals surface area contributed by atoms with Gasteiger partial charge in [-0.1, -0.05) is 0 Å². The lowest BCUT2D eigenvalue weighted by Crippen LogP contribution is -2.46. The maximum atomic E-state index is 5.85. The number of hydrogen-bond donors (Lipinski definition) is 0. The van der Waals surface area contributed by atoms with Gasteiger partial charge < -0.3 is 23.8 Å². The summed E-state index contributed by atoms with van der Waals surface area (Å²) in [4.78, 5) is 5.00. The Morgan fingerprint density at radius 2 is 1.70 bits per heavy atom. The number of fused-ring (bicyclic) bond motifs is 1. The van der Waals surface area contributed by atoms with Crippen LogP contribution in [0.1, 0.15) is 24.3 Å². The molecule has 0 saturated carbocycles. The number of rotatable bonds is 7. The summed E-state index contributed by atoms with van der Waals surface area (Å²) >= 11 is 0. The summed E-state index contributed by atoms with van der Waals surface area (Å²) in [5.41, 5.74) is 2.49. The van der Waals surface area contributed by atoms with Gasteiger partial charge in [-0.25, -0.2) is 0 Å². The highest BCUT2D eigenvalue weighted by atomic mass is 16.5. The van der Waals surface area contributed by atoms with E-state index in [2.05, 4.69) is 28.0 Å². The highest BCUT2D eigenvalue weighted by molar-refractivity contribution is 5.56. The summed E-state index contributed by atoms with van der Waals surface area (Å²) in [6.45, 7) is 6.10. The minimum Gasteiger partial charge on any atom is -0.497 e. The van der Waals surface area contributed by atoms with E-state index in [1.807, 2.05) is 18.2 Å². The van der Waals surface area contributed by atoms with Crippen LogP contribution in [0.4, 0.5) is 5.69 Å². The molecule has 1 atom stereocenters. The summed E-state index contributed by atoms with van der Waals surface area (Å²) in [5, 5.41) is 0. The number of piperazine rings is 1. The summed E-state index contributed by atoms with van der Waals surface area (Å²) in [5.74, 6) is 4.02. The Morgan fingerprint density at radius 3 is 2.43 bits per heavy atom. The van der Waals surface area contributed by atoms with Gasteiger partial charge in [0.1, 0.15) is 11.5 Å². The third kappa shape index (κ3) is 4.43. The molecule has 0 bridgehead atoms. The average Bonchev–Trinajstić information content (AvgIpc) is 2.82. The molecule has 2 aliphatic rings. The lowest BCUT2D eigenvalue weighted by atomic mass is 9.90. The largest absolute Gasteiger partial charge is 0.497 e. The summed E-state index contributed by atoms with van der Waals surface area (Å²) in [7, 11) is 5.07. The summed E-state index contributed by atoms with van der Waals surface area (Å²) in [6, 6.07) is 12.3.